The molecule has 1 unspecified atom stereocenters. The summed E-state index contributed by atoms with van der Waals surface area (Å²) in [6.45, 7) is 5.05. The fourth-order valence-electron chi connectivity index (χ4n) is 3.35. The number of esters is 1. The van der Waals surface area contributed by atoms with E-state index in [0.717, 1.165) is 6.92 Å². The van der Waals surface area contributed by atoms with Gasteiger partial charge in [0, 0.05) is 0 Å². The molecule has 3 rings (SSSR count). The van der Waals surface area contributed by atoms with Crippen molar-refractivity contribution < 1.29 is 46.9 Å². The van der Waals surface area contributed by atoms with E-state index in [9.17, 15) is 19.3 Å². The molecule has 13 nitrogen and oxygen atoms in total. The first-order chi connectivity index (χ1) is 18.2. The summed E-state index contributed by atoms with van der Waals surface area (Å²) in [6.07, 6.45) is -4.27. The third kappa shape index (κ3) is 7.93. The van der Waals surface area contributed by atoms with E-state index in [1.165, 1.54) is 25.3 Å². The van der Waals surface area contributed by atoms with Crippen molar-refractivity contribution >= 4 is 35.6 Å². The largest absolute Gasteiger partial charge is 0.462 e. The van der Waals surface area contributed by atoms with Gasteiger partial charge in [0.25, 0.3) is 5.91 Å². The number of halogens is 2. The molecule has 214 valence electrons. The number of aliphatic hydroxyl groups excluding tert-OH is 1. The Morgan fingerprint density at radius 2 is 1.97 bits per heavy atom. The number of nitrogens with two attached hydrogens (primary N) is 1. The second-order valence-corrected chi connectivity index (χ2v) is 11.5. The number of nitrogens with zero attached hydrogens (tertiary/aromatic N) is 2. The van der Waals surface area contributed by atoms with E-state index in [1.807, 2.05) is 0 Å². The maximum atomic E-state index is 15.5. The second kappa shape index (κ2) is 12.7. The van der Waals surface area contributed by atoms with E-state index >= 15 is 4.39 Å². The Balaban J connectivity index is 1.77. The molecule has 1 aromatic carbocycles. The molecule has 1 fully saturated rings. The molecule has 1 aromatic heterocycles. The molecule has 1 aliphatic heterocycles. The van der Waals surface area contributed by atoms with Crippen molar-refractivity contribution in [2.45, 2.75) is 64.0 Å². The Hall–Kier alpha value is -2.68. The molecule has 1 aliphatic rings. The summed E-state index contributed by atoms with van der Waals surface area (Å²) in [5, 5.41) is 13.1. The first kappa shape index (κ1) is 30.9. The molecular formula is C23H29BrFN4O9P. The number of benzene rings is 1. The van der Waals surface area contributed by atoms with E-state index in [2.05, 4.69) is 31.0 Å². The molecule has 0 spiro atoms. The number of carbonyl (C=O) groups is 2. The van der Waals surface area contributed by atoms with Crippen molar-refractivity contribution in [2.75, 3.05) is 6.61 Å². The summed E-state index contributed by atoms with van der Waals surface area (Å²) < 4.78 is 56.4. The van der Waals surface area contributed by atoms with Gasteiger partial charge in [-0.15, -0.1) is 0 Å². The summed E-state index contributed by atoms with van der Waals surface area (Å²) in [5.74, 6) is -1.98. The SMILES string of the molecule is CC(C)OC(=O)C(C)N[P@@](=O)(OC[C@H]1O[C@@H](Oc2ncc(Br)nc2C(N)=O)[C@](C)(F)[C@@H]1O)Oc1ccccc1. The Kier molecular flexibility index (Phi) is 10.0. The van der Waals surface area contributed by atoms with Crippen molar-refractivity contribution in [2.24, 2.45) is 5.73 Å². The van der Waals surface area contributed by atoms with Crippen molar-refractivity contribution in [3.8, 4) is 11.6 Å². The lowest BCUT2D eigenvalue weighted by Crippen LogP contribution is -2.44. The van der Waals surface area contributed by atoms with E-state index in [4.69, 9.17) is 29.0 Å². The van der Waals surface area contributed by atoms with Gasteiger partial charge < -0.3 is 29.6 Å². The maximum absolute atomic E-state index is 15.5. The molecule has 0 aliphatic carbocycles. The molecular weight excluding hydrogens is 606 g/mol. The molecule has 6 atom stereocenters. The number of nitrogens with one attached hydrogen (secondary N) is 1. The monoisotopic (exact) mass is 634 g/mol. The zero-order valence-electron chi connectivity index (χ0n) is 21.4. The van der Waals surface area contributed by atoms with Crippen LogP contribution in [0.25, 0.3) is 0 Å². The molecule has 4 N–H and O–H groups in total. The highest BCUT2D eigenvalue weighted by atomic mass is 79.9. The van der Waals surface area contributed by atoms with E-state index in [-0.39, 0.29) is 10.4 Å². The quantitative estimate of drug-likeness (QED) is 0.230. The van der Waals surface area contributed by atoms with Gasteiger partial charge in [0.1, 0.15) is 28.6 Å². The number of alkyl halides is 1. The summed E-state index contributed by atoms with van der Waals surface area (Å²) in [5.41, 5.74) is 2.36. The lowest BCUT2D eigenvalue weighted by atomic mass is 10.00. The third-order valence-corrected chi connectivity index (χ3v) is 7.31. The summed E-state index contributed by atoms with van der Waals surface area (Å²) >= 11 is 3.05. The van der Waals surface area contributed by atoms with Gasteiger partial charge in [0.05, 0.1) is 18.9 Å². The van der Waals surface area contributed by atoms with Crippen molar-refractivity contribution in [1.29, 1.82) is 0 Å². The lowest BCUT2D eigenvalue weighted by molar-refractivity contribution is -0.149. The van der Waals surface area contributed by atoms with Gasteiger partial charge in [0.2, 0.25) is 12.2 Å². The molecule has 1 saturated heterocycles. The normalized spacial score (nSPS) is 25.1. The van der Waals surface area contributed by atoms with Gasteiger partial charge in [-0.2, -0.15) is 5.09 Å². The number of hydrogen-bond donors (Lipinski definition) is 3. The summed E-state index contributed by atoms with van der Waals surface area (Å²) in [4.78, 5) is 31.8. The van der Waals surface area contributed by atoms with Crippen LogP contribution in [0.15, 0.2) is 41.1 Å². The maximum Gasteiger partial charge on any atom is 0.459 e. The minimum absolute atomic E-state index is 0.148. The number of para-hydroxylation sites is 1. The predicted molar refractivity (Wildman–Crippen MR) is 138 cm³/mol. The van der Waals surface area contributed by atoms with E-state index in [1.54, 1.807) is 32.0 Å². The topological polar surface area (TPSA) is 181 Å². The number of rotatable bonds is 12. The van der Waals surface area contributed by atoms with Crippen LogP contribution in [0.1, 0.15) is 38.2 Å². The zero-order valence-corrected chi connectivity index (χ0v) is 23.9. The minimum Gasteiger partial charge on any atom is -0.462 e. The van der Waals surface area contributed by atoms with Gasteiger partial charge in [0.15, 0.2) is 11.4 Å². The van der Waals surface area contributed by atoms with Gasteiger partial charge in [-0.05, 0) is 55.8 Å². The van der Waals surface area contributed by atoms with Crippen LogP contribution < -0.4 is 20.1 Å². The van der Waals surface area contributed by atoms with Crippen LogP contribution in [0, 0.1) is 0 Å². The summed E-state index contributed by atoms with van der Waals surface area (Å²) in [7, 11) is -4.32. The highest BCUT2D eigenvalue weighted by Crippen LogP contribution is 2.46. The molecule has 2 aromatic rings. The van der Waals surface area contributed by atoms with Crippen LogP contribution in [-0.2, 0) is 23.4 Å². The van der Waals surface area contributed by atoms with Gasteiger partial charge in [-0.1, -0.05) is 18.2 Å². The van der Waals surface area contributed by atoms with Crippen LogP contribution in [0.4, 0.5) is 4.39 Å². The third-order valence-electron chi connectivity index (χ3n) is 5.29. The summed E-state index contributed by atoms with van der Waals surface area (Å²) in [6, 6.07) is 6.85. The van der Waals surface area contributed by atoms with Crippen LogP contribution in [0.5, 0.6) is 11.6 Å². The fourth-order valence-corrected chi connectivity index (χ4v) is 5.13. The average molecular weight is 635 g/mol. The Bertz CT molecular complexity index is 1220. The van der Waals surface area contributed by atoms with Crippen LogP contribution in [0.2, 0.25) is 0 Å². The Morgan fingerprint density at radius 3 is 2.59 bits per heavy atom. The number of ether oxygens (including phenoxy) is 3. The highest BCUT2D eigenvalue weighted by molar-refractivity contribution is 9.10. The van der Waals surface area contributed by atoms with Crippen LogP contribution in [0.3, 0.4) is 0 Å². The molecule has 39 heavy (non-hydrogen) atoms. The standard InChI is InChI=1S/C23H29BrFN4O9P/c1-12(2)35-21(32)13(3)29-39(33,38-14-8-6-5-7-9-14)34-11-15-18(30)23(4,25)22(36-15)37-20-17(19(26)31)28-16(24)10-27-20/h5-10,12-13,15,18,22,30H,11H2,1-4H3,(H2,26,31)(H,29,33)/t13?,15-,18-,22+,23-,39-/m1/s1. The van der Waals surface area contributed by atoms with Gasteiger partial charge in [-0.25, -0.2) is 18.9 Å². The molecule has 1 amide bonds. The lowest BCUT2D eigenvalue weighted by Gasteiger charge is -2.25. The second-order valence-electron chi connectivity index (χ2n) is 8.97. The zero-order chi connectivity index (χ0) is 29.0. The van der Waals surface area contributed by atoms with Gasteiger partial charge >= 0.3 is 13.7 Å². The number of carbonyl (C=O) groups excluding carboxylic acids is 2. The first-order valence-electron chi connectivity index (χ1n) is 11.7. The number of amides is 1. The number of aromatic nitrogens is 2. The Morgan fingerprint density at radius 1 is 1.31 bits per heavy atom. The number of aliphatic hydroxyl groups is 1. The average Bonchev–Trinajstić information content (AvgIpc) is 3.06. The number of primary amides is 1. The van der Waals surface area contributed by atoms with E-state index < -0.39 is 74.1 Å². The molecule has 0 radical (unpaired) electrons. The van der Waals surface area contributed by atoms with E-state index in [0.29, 0.717) is 0 Å². The van der Waals surface area contributed by atoms with Crippen LogP contribution in [-0.4, -0.2) is 69.9 Å². The highest BCUT2D eigenvalue weighted by Gasteiger charge is 2.56. The first-order valence-corrected chi connectivity index (χ1v) is 14.0. The van der Waals surface area contributed by atoms with Gasteiger partial charge in [-0.3, -0.25) is 14.1 Å². The Labute approximate surface area is 232 Å². The molecule has 16 heteroatoms. The van der Waals surface area contributed by atoms with Crippen LogP contribution >= 0.6 is 23.7 Å². The van der Waals surface area contributed by atoms with Crippen molar-refractivity contribution in [3.63, 3.8) is 0 Å². The fraction of sp³-hybridized carbons (Fsp3) is 0.478. The minimum atomic E-state index is -4.32. The molecule has 2 heterocycles. The number of hydrogen-bond acceptors (Lipinski definition) is 11. The predicted octanol–water partition coefficient (Wildman–Crippen LogP) is 2.66. The van der Waals surface area contributed by atoms with Crippen molar-refractivity contribution in [1.82, 2.24) is 15.1 Å². The molecule has 0 bridgehead atoms. The smallest absolute Gasteiger partial charge is 0.459 e. The van der Waals surface area contributed by atoms with Crippen molar-refractivity contribution in [3.05, 3.63) is 46.8 Å². The molecule has 0 saturated carbocycles.